The molecule has 1 saturated carbocycles. The number of hydrogen-bond acceptors (Lipinski definition) is 6. The van der Waals surface area contributed by atoms with E-state index in [1.54, 1.807) is 42.6 Å². The van der Waals surface area contributed by atoms with E-state index in [4.69, 9.17) is 13.9 Å². The highest BCUT2D eigenvalue weighted by molar-refractivity contribution is 7.09. The van der Waals surface area contributed by atoms with Crippen LogP contribution in [0.1, 0.15) is 33.8 Å². The minimum Gasteiger partial charge on any atom is -0.493 e. The van der Waals surface area contributed by atoms with Gasteiger partial charge in [0.1, 0.15) is 6.54 Å². The highest BCUT2D eigenvalue weighted by atomic mass is 32.1. The monoisotopic (exact) mass is 468 g/mol. The van der Waals surface area contributed by atoms with Crippen LogP contribution in [0.4, 0.5) is 0 Å². The predicted octanol–water partition coefficient (Wildman–Crippen LogP) is 4.23. The van der Waals surface area contributed by atoms with Gasteiger partial charge in [-0.2, -0.15) is 0 Å². The van der Waals surface area contributed by atoms with Crippen LogP contribution < -0.4 is 9.47 Å². The number of carbonyl (C=O) groups excluding carboxylic acids is 2. The van der Waals surface area contributed by atoms with Crippen molar-refractivity contribution in [1.82, 2.24) is 9.80 Å². The van der Waals surface area contributed by atoms with Crippen LogP contribution in [0, 0.1) is 0 Å². The maximum absolute atomic E-state index is 13.4. The summed E-state index contributed by atoms with van der Waals surface area (Å²) < 4.78 is 16.0. The molecule has 33 heavy (non-hydrogen) atoms. The Labute approximate surface area is 197 Å². The van der Waals surface area contributed by atoms with Gasteiger partial charge in [-0.15, -0.1) is 11.3 Å². The van der Waals surface area contributed by atoms with Gasteiger partial charge in [-0.1, -0.05) is 12.1 Å². The van der Waals surface area contributed by atoms with Gasteiger partial charge < -0.3 is 23.7 Å². The molecule has 2 aromatic heterocycles. The zero-order valence-electron chi connectivity index (χ0n) is 18.9. The van der Waals surface area contributed by atoms with Crippen molar-refractivity contribution in [2.24, 2.45) is 0 Å². The van der Waals surface area contributed by atoms with Gasteiger partial charge in [-0.05, 0) is 60.5 Å². The second kappa shape index (κ2) is 10.6. The van der Waals surface area contributed by atoms with Crippen LogP contribution >= 0.6 is 11.3 Å². The molecule has 0 N–H and O–H groups in total. The normalized spacial score (nSPS) is 12.9. The lowest BCUT2D eigenvalue weighted by Crippen LogP contribution is -2.44. The summed E-state index contributed by atoms with van der Waals surface area (Å²) in [5.41, 5.74) is 1.04. The Balaban J connectivity index is 1.47. The number of methoxy groups -OCH3 is 2. The molecule has 8 heteroatoms. The molecule has 0 saturated heterocycles. The number of rotatable bonds is 11. The number of benzene rings is 1. The third-order valence-corrected chi connectivity index (χ3v) is 6.55. The Bertz CT molecular complexity index is 1060. The van der Waals surface area contributed by atoms with Gasteiger partial charge in [0.25, 0.3) is 5.91 Å². The highest BCUT2D eigenvalue weighted by Gasteiger charge is 2.36. The first-order chi connectivity index (χ1) is 16.1. The van der Waals surface area contributed by atoms with Crippen LogP contribution in [0.5, 0.6) is 11.5 Å². The second-order valence-electron chi connectivity index (χ2n) is 7.98. The van der Waals surface area contributed by atoms with E-state index in [1.807, 2.05) is 40.6 Å². The van der Waals surface area contributed by atoms with Gasteiger partial charge in [0.2, 0.25) is 5.91 Å². The molecule has 2 heterocycles. The predicted molar refractivity (Wildman–Crippen MR) is 126 cm³/mol. The quantitative estimate of drug-likeness (QED) is 0.421. The van der Waals surface area contributed by atoms with Gasteiger partial charge in [0.05, 0.1) is 27.0 Å². The van der Waals surface area contributed by atoms with Crippen LogP contribution in [-0.4, -0.2) is 55.0 Å². The molecule has 174 valence electrons. The molecule has 1 aliphatic rings. The number of furan rings is 1. The molecule has 7 nitrogen and oxygen atoms in total. The van der Waals surface area contributed by atoms with Crippen molar-refractivity contribution in [1.29, 1.82) is 0 Å². The van der Waals surface area contributed by atoms with Crippen LogP contribution in [0.2, 0.25) is 0 Å². The van der Waals surface area contributed by atoms with Gasteiger partial charge in [-0.25, -0.2) is 0 Å². The molecule has 0 bridgehead atoms. The second-order valence-corrected chi connectivity index (χ2v) is 9.01. The fraction of sp³-hybridized carbons (Fsp3) is 0.360. The maximum Gasteiger partial charge on any atom is 0.290 e. The lowest BCUT2D eigenvalue weighted by atomic mass is 10.1. The summed E-state index contributed by atoms with van der Waals surface area (Å²) in [6.45, 7) is 1.08. The first kappa shape index (κ1) is 22.9. The van der Waals surface area contributed by atoms with Crippen LogP contribution in [0.25, 0.3) is 0 Å². The molecule has 0 aliphatic heterocycles. The van der Waals surface area contributed by atoms with Crippen LogP contribution in [-0.2, 0) is 17.8 Å². The van der Waals surface area contributed by atoms with Crippen LogP contribution in [0.15, 0.2) is 58.5 Å². The summed E-state index contributed by atoms with van der Waals surface area (Å²) in [4.78, 5) is 30.9. The van der Waals surface area contributed by atoms with Crippen molar-refractivity contribution in [3.63, 3.8) is 0 Å². The molecule has 0 radical (unpaired) electrons. The Morgan fingerprint density at radius 1 is 1.09 bits per heavy atom. The summed E-state index contributed by atoms with van der Waals surface area (Å²) in [7, 11) is 3.21. The lowest BCUT2D eigenvalue weighted by Gasteiger charge is -2.27. The number of carbonyl (C=O) groups is 2. The molecule has 3 aromatic rings. The Kier molecular flexibility index (Phi) is 7.34. The summed E-state index contributed by atoms with van der Waals surface area (Å²) in [5.74, 6) is 1.30. The van der Waals surface area contributed by atoms with Gasteiger partial charge in [0.15, 0.2) is 17.3 Å². The molecule has 1 aromatic carbocycles. The van der Waals surface area contributed by atoms with E-state index >= 15 is 0 Å². The van der Waals surface area contributed by atoms with E-state index in [0.717, 1.165) is 23.3 Å². The molecular formula is C25H28N2O5S. The standard InChI is InChI=1S/C25H28N2O5S/c1-30-21-10-7-18(15-23(21)31-2)11-12-26(16-20-5-4-14-33-20)24(28)17-27(19-8-9-19)25(29)22-6-3-13-32-22/h3-7,10,13-15,19H,8-9,11-12,16-17H2,1-2H3. The highest BCUT2D eigenvalue weighted by Crippen LogP contribution is 2.29. The topological polar surface area (TPSA) is 72.2 Å². The third-order valence-electron chi connectivity index (χ3n) is 5.68. The molecule has 2 amide bonds. The summed E-state index contributed by atoms with van der Waals surface area (Å²) in [5, 5.41) is 2.00. The zero-order valence-corrected chi connectivity index (χ0v) is 19.7. The molecule has 1 aliphatic carbocycles. The first-order valence-electron chi connectivity index (χ1n) is 10.9. The van der Waals surface area contributed by atoms with Gasteiger partial charge in [0, 0.05) is 17.5 Å². The number of hydrogen-bond donors (Lipinski definition) is 0. The van der Waals surface area contributed by atoms with Crippen LogP contribution in [0.3, 0.4) is 0 Å². The van der Waals surface area contributed by atoms with Crippen molar-refractivity contribution < 1.29 is 23.5 Å². The Morgan fingerprint density at radius 3 is 2.55 bits per heavy atom. The van der Waals surface area contributed by atoms with Crippen molar-refractivity contribution in [2.75, 3.05) is 27.3 Å². The van der Waals surface area contributed by atoms with E-state index in [2.05, 4.69) is 0 Å². The largest absolute Gasteiger partial charge is 0.493 e. The van der Waals surface area contributed by atoms with E-state index in [9.17, 15) is 9.59 Å². The van der Waals surface area contributed by atoms with Gasteiger partial charge >= 0.3 is 0 Å². The van der Waals surface area contributed by atoms with E-state index in [1.165, 1.54) is 6.26 Å². The molecule has 1 fully saturated rings. The van der Waals surface area contributed by atoms with Crippen molar-refractivity contribution in [2.45, 2.75) is 31.8 Å². The summed E-state index contributed by atoms with van der Waals surface area (Å²) >= 11 is 1.62. The zero-order chi connectivity index (χ0) is 23.2. The molecule has 0 unspecified atom stereocenters. The Hall–Kier alpha value is -3.26. The molecule has 0 spiro atoms. The van der Waals surface area contributed by atoms with E-state index in [0.29, 0.717) is 31.0 Å². The number of nitrogens with zero attached hydrogens (tertiary/aromatic N) is 2. The van der Waals surface area contributed by atoms with Crippen molar-refractivity contribution in [3.05, 3.63) is 70.3 Å². The first-order valence-corrected chi connectivity index (χ1v) is 11.8. The van der Waals surface area contributed by atoms with Crippen molar-refractivity contribution in [3.8, 4) is 11.5 Å². The Morgan fingerprint density at radius 2 is 1.91 bits per heavy atom. The number of thiophene rings is 1. The number of ether oxygens (including phenoxy) is 2. The smallest absolute Gasteiger partial charge is 0.290 e. The summed E-state index contributed by atoms with van der Waals surface area (Å²) in [6, 6.07) is 13.2. The fourth-order valence-electron chi connectivity index (χ4n) is 3.72. The maximum atomic E-state index is 13.4. The lowest BCUT2D eigenvalue weighted by molar-refractivity contribution is -0.132. The molecule has 4 rings (SSSR count). The molecule has 0 atom stereocenters. The summed E-state index contributed by atoms with van der Waals surface area (Å²) in [6.07, 6.45) is 3.96. The minimum absolute atomic E-state index is 0.0432. The SMILES string of the molecule is COc1ccc(CCN(Cc2cccs2)C(=O)CN(C(=O)c2ccco2)C2CC2)cc1OC. The van der Waals surface area contributed by atoms with E-state index < -0.39 is 0 Å². The average Bonchev–Trinajstić information content (AvgIpc) is 3.28. The fourth-order valence-corrected chi connectivity index (χ4v) is 4.44. The van der Waals surface area contributed by atoms with Crippen molar-refractivity contribution >= 4 is 23.2 Å². The van der Waals surface area contributed by atoms with Gasteiger partial charge in [-0.3, -0.25) is 9.59 Å². The average molecular weight is 469 g/mol. The minimum atomic E-state index is -0.230. The van der Waals surface area contributed by atoms with E-state index in [-0.39, 0.29) is 30.2 Å². The molecular weight excluding hydrogens is 440 g/mol. The third kappa shape index (κ3) is 5.76. The number of amides is 2.